The van der Waals surface area contributed by atoms with E-state index in [1.165, 1.54) is 48.7 Å². The molecule has 0 unspecified atom stereocenters. The second-order valence-corrected chi connectivity index (χ2v) is 6.59. The highest BCUT2D eigenvalue weighted by molar-refractivity contribution is 7.14. The van der Waals surface area contributed by atoms with Gasteiger partial charge in [0.25, 0.3) is 11.8 Å². The molecule has 0 N–H and O–H groups in total. The van der Waals surface area contributed by atoms with Crippen LogP contribution in [-0.4, -0.2) is 28.6 Å². The summed E-state index contributed by atoms with van der Waals surface area (Å²) in [6.07, 6.45) is 1.49. The molecule has 27 heavy (non-hydrogen) atoms. The molecule has 1 aliphatic heterocycles. The van der Waals surface area contributed by atoms with E-state index in [-0.39, 0.29) is 32.9 Å². The molecule has 0 saturated heterocycles. The molecule has 3 aromatic rings. The molecule has 2 heterocycles. The number of carbonyl (C=O) groups is 4. The number of aromatic carboxylic acids is 1. The lowest BCUT2D eigenvalue weighted by Crippen LogP contribution is -2.29. The van der Waals surface area contributed by atoms with Gasteiger partial charge >= 0.3 is 0 Å². The van der Waals surface area contributed by atoms with Crippen molar-refractivity contribution in [3.8, 4) is 0 Å². The zero-order valence-electron chi connectivity index (χ0n) is 13.5. The van der Waals surface area contributed by atoms with E-state index >= 15 is 0 Å². The van der Waals surface area contributed by atoms with Crippen molar-refractivity contribution in [2.45, 2.75) is 0 Å². The van der Waals surface area contributed by atoms with Crippen LogP contribution in [0.5, 0.6) is 0 Å². The molecule has 0 fully saturated rings. The van der Waals surface area contributed by atoms with Gasteiger partial charge in [-0.25, -0.2) is 9.88 Å². The molecule has 132 valence electrons. The van der Waals surface area contributed by atoms with Gasteiger partial charge in [-0.2, -0.15) is 0 Å². The summed E-state index contributed by atoms with van der Waals surface area (Å²) in [5, 5.41) is 12.7. The molecule has 8 heteroatoms. The highest BCUT2D eigenvalue weighted by Crippen LogP contribution is 2.30. The molecule has 2 aromatic carbocycles. The van der Waals surface area contributed by atoms with Gasteiger partial charge in [0, 0.05) is 22.7 Å². The van der Waals surface area contributed by atoms with E-state index in [4.69, 9.17) is 0 Å². The first-order valence-electron chi connectivity index (χ1n) is 7.76. The Balaban J connectivity index is 1.68. The highest BCUT2D eigenvalue weighted by Gasteiger charge is 2.38. The van der Waals surface area contributed by atoms with E-state index < -0.39 is 23.6 Å². The monoisotopic (exact) mass is 377 g/mol. The fraction of sp³-hybridized carbons (Fsp3) is 0. The Labute approximate surface area is 156 Å². The first-order chi connectivity index (χ1) is 13.0. The Morgan fingerprint density at radius 3 is 2.15 bits per heavy atom. The van der Waals surface area contributed by atoms with Crippen molar-refractivity contribution < 1.29 is 24.3 Å². The van der Waals surface area contributed by atoms with Crippen molar-refractivity contribution >= 4 is 40.0 Å². The van der Waals surface area contributed by atoms with Gasteiger partial charge in [-0.05, 0) is 17.7 Å². The molecule has 0 aliphatic carbocycles. The normalized spacial score (nSPS) is 13.0. The van der Waals surface area contributed by atoms with Gasteiger partial charge in [0.1, 0.15) is 0 Å². The van der Waals surface area contributed by atoms with E-state index in [0.29, 0.717) is 0 Å². The maximum atomic E-state index is 12.6. The Hall–Kier alpha value is -3.65. The summed E-state index contributed by atoms with van der Waals surface area (Å²) in [7, 11) is 0. The van der Waals surface area contributed by atoms with Gasteiger partial charge < -0.3 is 9.90 Å². The van der Waals surface area contributed by atoms with Crippen LogP contribution in [0.25, 0.3) is 0 Å². The molecule has 2 amide bonds. The van der Waals surface area contributed by atoms with Crippen LogP contribution in [0.1, 0.15) is 47.0 Å². The molecule has 0 radical (unpaired) electrons. The number of hydrogen-bond acceptors (Lipinski definition) is 7. The van der Waals surface area contributed by atoms with Crippen molar-refractivity contribution in [2.75, 3.05) is 4.90 Å². The number of nitrogens with zero attached hydrogens (tertiary/aromatic N) is 2. The third-order valence-corrected chi connectivity index (χ3v) is 4.90. The van der Waals surface area contributed by atoms with Crippen LogP contribution in [0.3, 0.4) is 0 Å². The number of carbonyl (C=O) groups excluding carboxylic acids is 4. The zero-order valence-corrected chi connectivity index (χ0v) is 14.4. The minimum absolute atomic E-state index is 0.0413. The summed E-state index contributed by atoms with van der Waals surface area (Å²) < 4.78 is 0. The standard InChI is InChI=1S/C19H10N2O5S/c22-15(10-1-3-11(4-2-10)18(25)26)12-5-6-13-14(9-12)17(24)21(16(13)23)19-20-7-8-27-19/h1-9H,(H,25,26)/p-1. The van der Waals surface area contributed by atoms with Crippen LogP contribution in [0.4, 0.5) is 5.13 Å². The van der Waals surface area contributed by atoms with Crippen LogP contribution in [0, 0.1) is 0 Å². The number of fused-ring (bicyclic) bond motifs is 1. The number of aromatic nitrogens is 1. The van der Waals surface area contributed by atoms with Gasteiger partial charge in [0.2, 0.25) is 0 Å². The van der Waals surface area contributed by atoms with Gasteiger partial charge in [-0.15, -0.1) is 11.3 Å². The summed E-state index contributed by atoms with van der Waals surface area (Å²) in [6.45, 7) is 0. The fourth-order valence-electron chi connectivity index (χ4n) is 2.81. The molecule has 0 atom stereocenters. The Morgan fingerprint density at radius 1 is 0.889 bits per heavy atom. The Bertz CT molecular complexity index is 1100. The third-order valence-electron chi connectivity index (χ3n) is 4.14. The minimum atomic E-state index is -1.34. The van der Waals surface area contributed by atoms with Crippen LogP contribution >= 0.6 is 11.3 Å². The SMILES string of the molecule is O=C([O-])c1ccc(C(=O)c2ccc3c(c2)C(=O)N(c2nccs2)C3=O)cc1. The number of hydrogen-bond donors (Lipinski definition) is 0. The second-order valence-electron chi connectivity index (χ2n) is 5.71. The van der Waals surface area contributed by atoms with Crippen LogP contribution in [0.15, 0.2) is 54.0 Å². The molecule has 0 bridgehead atoms. The van der Waals surface area contributed by atoms with Crippen molar-refractivity contribution in [1.29, 1.82) is 0 Å². The van der Waals surface area contributed by atoms with Crippen LogP contribution in [-0.2, 0) is 0 Å². The molecular formula is C19H9N2O5S-. The molecule has 4 rings (SSSR count). The zero-order chi connectivity index (χ0) is 19.1. The number of anilines is 1. The lowest BCUT2D eigenvalue weighted by molar-refractivity contribution is -0.255. The Kier molecular flexibility index (Phi) is 3.89. The first-order valence-corrected chi connectivity index (χ1v) is 8.64. The molecule has 0 saturated carbocycles. The maximum absolute atomic E-state index is 12.6. The van der Waals surface area contributed by atoms with Gasteiger partial charge in [0.05, 0.1) is 17.1 Å². The molecule has 0 spiro atoms. The van der Waals surface area contributed by atoms with Crippen LogP contribution in [0.2, 0.25) is 0 Å². The number of benzene rings is 2. The summed E-state index contributed by atoms with van der Waals surface area (Å²) in [6, 6.07) is 9.56. The van der Waals surface area contributed by atoms with Gasteiger partial charge in [-0.1, -0.05) is 30.3 Å². The molecular weight excluding hydrogens is 368 g/mol. The Morgan fingerprint density at radius 2 is 1.52 bits per heavy atom. The number of carboxylic acid groups (broad SMARTS) is 1. The van der Waals surface area contributed by atoms with Gasteiger partial charge in [0.15, 0.2) is 10.9 Å². The number of ketones is 1. The number of thiazole rings is 1. The van der Waals surface area contributed by atoms with Crippen molar-refractivity contribution in [2.24, 2.45) is 0 Å². The average molecular weight is 377 g/mol. The summed E-state index contributed by atoms with van der Waals surface area (Å²) in [5.74, 6) is -2.75. The van der Waals surface area contributed by atoms with Crippen molar-refractivity contribution in [1.82, 2.24) is 4.98 Å². The van der Waals surface area contributed by atoms with E-state index in [2.05, 4.69) is 4.98 Å². The largest absolute Gasteiger partial charge is 0.545 e. The topological polar surface area (TPSA) is 107 Å². The number of imide groups is 1. The lowest BCUT2D eigenvalue weighted by Gasteiger charge is -2.08. The minimum Gasteiger partial charge on any atom is -0.545 e. The van der Waals surface area contributed by atoms with Crippen molar-refractivity contribution in [3.05, 3.63) is 81.9 Å². The van der Waals surface area contributed by atoms with Gasteiger partial charge in [-0.3, -0.25) is 14.4 Å². The van der Waals surface area contributed by atoms with E-state index in [9.17, 15) is 24.3 Å². The summed E-state index contributed by atoms with van der Waals surface area (Å²) in [4.78, 5) is 53.5. The number of rotatable bonds is 4. The average Bonchev–Trinajstić information content (AvgIpc) is 3.28. The predicted octanol–water partition coefficient (Wildman–Crippen LogP) is 1.54. The number of amides is 2. The summed E-state index contributed by atoms with van der Waals surface area (Å²) in [5.41, 5.74) is 0.775. The van der Waals surface area contributed by atoms with Crippen molar-refractivity contribution in [3.63, 3.8) is 0 Å². The number of carboxylic acids is 1. The lowest BCUT2D eigenvalue weighted by atomic mass is 9.98. The predicted molar refractivity (Wildman–Crippen MR) is 93.9 cm³/mol. The smallest absolute Gasteiger partial charge is 0.268 e. The second kappa shape index (κ2) is 6.26. The molecule has 1 aliphatic rings. The van der Waals surface area contributed by atoms with E-state index in [1.54, 1.807) is 5.38 Å². The third kappa shape index (κ3) is 2.72. The van der Waals surface area contributed by atoms with Crippen LogP contribution < -0.4 is 10.0 Å². The first kappa shape index (κ1) is 16.8. The summed E-state index contributed by atoms with van der Waals surface area (Å²) >= 11 is 1.16. The highest BCUT2D eigenvalue weighted by atomic mass is 32.1. The van der Waals surface area contributed by atoms with E-state index in [0.717, 1.165) is 16.2 Å². The maximum Gasteiger partial charge on any atom is 0.268 e. The van der Waals surface area contributed by atoms with E-state index in [1.807, 2.05) is 0 Å². The molecule has 7 nitrogen and oxygen atoms in total. The quantitative estimate of drug-likeness (QED) is 0.504. The fourth-order valence-corrected chi connectivity index (χ4v) is 3.44. The molecule has 1 aromatic heterocycles.